The predicted molar refractivity (Wildman–Crippen MR) is 86.8 cm³/mol. The number of halogens is 1. The molecule has 0 unspecified atom stereocenters. The molecule has 2 aromatic carbocycles. The fourth-order valence-electron chi connectivity index (χ4n) is 1.99. The van der Waals surface area contributed by atoms with Crippen LogP contribution < -0.4 is 4.72 Å². The summed E-state index contributed by atoms with van der Waals surface area (Å²) in [5, 5.41) is 0.620. The van der Waals surface area contributed by atoms with Crippen LogP contribution in [0, 0.1) is 0 Å². The van der Waals surface area contributed by atoms with Gasteiger partial charge in [-0.05, 0) is 43.2 Å². The smallest absolute Gasteiger partial charge is 0.240 e. The third-order valence-corrected chi connectivity index (χ3v) is 4.84. The van der Waals surface area contributed by atoms with Crippen molar-refractivity contribution in [3.05, 3.63) is 64.7 Å². The van der Waals surface area contributed by atoms with Crippen molar-refractivity contribution >= 4 is 27.4 Å². The van der Waals surface area contributed by atoms with Gasteiger partial charge in [0.15, 0.2) is 5.78 Å². The van der Waals surface area contributed by atoms with E-state index in [4.69, 9.17) is 11.6 Å². The Bertz CT molecular complexity index is 787. The van der Waals surface area contributed by atoms with Gasteiger partial charge in [0.1, 0.15) is 0 Å². The maximum absolute atomic E-state index is 12.2. The number of hydrogen-bond donors (Lipinski definition) is 1. The Kier molecular flexibility index (Phi) is 5.34. The van der Waals surface area contributed by atoms with E-state index >= 15 is 0 Å². The van der Waals surface area contributed by atoms with Gasteiger partial charge in [-0.3, -0.25) is 4.79 Å². The van der Waals surface area contributed by atoms with Crippen LogP contribution in [0.5, 0.6) is 0 Å². The van der Waals surface area contributed by atoms with E-state index in [0.29, 0.717) is 17.0 Å². The van der Waals surface area contributed by atoms with Gasteiger partial charge in [-0.25, -0.2) is 13.1 Å². The second-order valence-corrected chi connectivity index (χ2v) is 7.07. The Hall–Kier alpha value is -1.69. The highest BCUT2D eigenvalue weighted by atomic mass is 35.5. The number of ketones is 1. The van der Waals surface area contributed by atoms with Crippen LogP contribution in [0.25, 0.3) is 0 Å². The lowest BCUT2D eigenvalue weighted by Crippen LogP contribution is -2.26. The highest BCUT2D eigenvalue weighted by Crippen LogP contribution is 2.13. The quantitative estimate of drug-likeness (QED) is 0.824. The Balaban J connectivity index is 2.05. The highest BCUT2D eigenvalue weighted by molar-refractivity contribution is 7.89. The molecule has 0 fully saturated rings. The lowest BCUT2D eigenvalue weighted by Gasteiger charge is -2.08. The van der Waals surface area contributed by atoms with Crippen LogP contribution >= 0.6 is 11.6 Å². The van der Waals surface area contributed by atoms with E-state index in [2.05, 4.69) is 4.72 Å². The molecule has 6 heteroatoms. The van der Waals surface area contributed by atoms with E-state index in [-0.39, 0.29) is 17.2 Å². The minimum absolute atomic E-state index is 0.0892. The second-order valence-electron chi connectivity index (χ2n) is 4.86. The fourth-order valence-corrected chi connectivity index (χ4v) is 3.28. The first-order chi connectivity index (χ1) is 10.4. The third kappa shape index (κ3) is 4.40. The van der Waals surface area contributed by atoms with Crippen molar-refractivity contribution in [1.29, 1.82) is 0 Å². The van der Waals surface area contributed by atoms with E-state index in [1.165, 1.54) is 19.1 Å². The van der Waals surface area contributed by atoms with Crippen LogP contribution in [0.1, 0.15) is 22.8 Å². The summed E-state index contributed by atoms with van der Waals surface area (Å²) >= 11 is 5.89. The number of hydrogen-bond acceptors (Lipinski definition) is 3. The number of carbonyl (C=O) groups excluding carboxylic acids is 1. The molecular formula is C16H16ClNO3S. The topological polar surface area (TPSA) is 63.2 Å². The van der Waals surface area contributed by atoms with E-state index in [1.54, 1.807) is 24.3 Å². The van der Waals surface area contributed by atoms with E-state index in [9.17, 15) is 13.2 Å². The number of sulfonamides is 1. The Morgan fingerprint density at radius 2 is 1.86 bits per heavy atom. The molecule has 2 aromatic rings. The molecule has 0 aliphatic carbocycles. The molecule has 0 aliphatic heterocycles. The number of rotatable bonds is 6. The monoisotopic (exact) mass is 337 g/mol. The van der Waals surface area contributed by atoms with Crippen LogP contribution in [0.15, 0.2) is 53.4 Å². The molecule has 0 atom stereocenters. The number of benzene rings is 2. The average Bonchev–Trinajstić information content (AvgIpc) is 2.47. The van der Waals surface area contributed by atoms with Gasteiger partial charge in [0, 0.05) is 17.1 Å². The molecule has 0 aliphatic rings. The summed E-state index contributed by atoms with van der Waals surface area (Å²) < 4.78 is 27.0. The summed E-state index contributed by atoms with van der Waals surface area (Å²) in [6.07, 6.45) is 0.534. The molecule has 116 valence electrons. The van der Waals surface area contributed by atoms with Crippen LogP contribution in [-0.2, 0) is 16.4 Å². The molecule has 4 nitrogen and oxygen atoms in total. The third-order valence-electron chi connectivity index (χ3n) is 3.15. The number of Topliss-reactive ketones (excluding diaryl/α,β-unsaturated/α-hetero) is 1. The SMILES string of the molecule is CC(=O)c1cccc(S(=O)(=O)NCCc2cccc(Cl)c2)c1. The van der Waals surface area contributed by atoms with Gasteiger partial charge in [0.25, 0.3) is 0 Å². The van der Waals surface area contributed by atoms with Crippen LogP contribution in [-0.4, -0.2) is 20.7 Å². The van der Waals surface area contributed by atoms with Gasteiger partial charge >= 0.3 is 0 Å². The van der Waals surface area contributed by atoms with E-state index < -0.39 is 10.0 Å². The Labute approximate surface area is 135 Å². The maximum Gasteiger partial charge on any atom is 0.240 e. The second kappa shape index (κ2) is 7.05. The van der Waals surface area contributed by atoms with Crippen molar-refractivity contribution in [3.8, 4) is 0 Å². The van der Waals surface area contributed by atoms with Crippen molar-refractivity contribution in [1.82, 2.24) is 4.72 Å². The van der Waals surface area contributed by atoms with Gasteiger partial charge in [-0.15, -0.1) is 0 Å². The maximum atomic E-state index is 12.2. The molecule has 0 spiro atoms. The Morgan fingerprint density at radius 3 is 2.55 bits per heavy atom. The zero-order valence-electron chi connectivity index (χ0n) is 12.0. The van der Waals surface area contributed by atoms with Crippen molar-refractivity contribution < 1.29 is 13.2 Å². The van der Waals surface area contributed by atoms with Crippen molar-refractivity contribution in [2.45, 2.75) is 18.2 Å². The van der Waals surface area contributed by atoms with Crippen LogP contribution in [0.2, 0.25) is 5.02 Å². The van der Waals surface area contributed by atoms with Crippen LogP contribution in [0.4, 0.5) is 0 Å². The van der Waals surface area contributed by atoms with Gasteiger partial charge in [0.05, 0.1) is 4.90 Å². The van der Waals surface area contributed by atoms with Crippen molar-refractivity contribution in [2.24, 2.45) is 0 Å². The molecule has 22 heavy (non-hydrogen) atoms. The summed E-state index contributed by atoms with van der Waals surface area (Å²) in [5.74, 6) is -0.170. The van der Waals surface area contributed by atoms with Gasteiger partial charge in [-0.2, -0.15) is 0 Å². The normalized spacial score (nSPS) is 11.4. The predicted octanol–water partition coefficient (Wildman–Crippen LogP) is 3.06. The molecule has 0 radical (unpaired) electrons. The molecule has 0 amide bonds. The number of carbonyl (C=O) groups is 1. The minimum Gasteiger partial charge on any atom is -0.295 e. The highest BCUT2D eigenvalue weighted by Gasteiger charge is 2.14. The van der Waals surface area contributed by atoms with E-state index in [0.717, 1.165) is 5.56 Å². The van der Waals surface area contributed by atoms with Gasteiger partial charge in [0.2, 0.25) is 10.0 Å². The first-order valence-corrected chi connectivity index (χ1v) is 8.60. The molecule has 0 heterocycles. The molecule has 0 saturated carbocycles. The Morgan fingerprint density at radius 1 is 1.14 bits per heavy atom. The molecular weight excluding hydrogens is 322 g/mol. The summed E-state index contributed by atoms with van der Waals surface area (Å²) in [4.78, 5) is 11.4. The largest absolute Gasteiger partial charge is 0.295 e. The fraction of sp³-hybridized carbons (Fsp3) is 0.188. The van der Waals surface area contributed by atoms with Crippen LogP contribution in [0.3, 0.4) is 0 Å². The minimum atomic E-state index is -3.63. The molecule has 0 saturated heterocycles. The van der Waals surface area contributed by atoms with Gasteiger partial charge < -0.3 is 0 Å². The summed E-state index contributed by atoms with van der Waals surface area (Å²) in [5.41, 5.74) is 1.32. The molecule has 0 bridgehead atoms. The van der Waals surface area contributed by atoms with Gasteiger partial charge in [-0.1, -0.05) is 35.9 Å². The lowest BCUT2D eigenvalue weighted by molar-refractivity contribution is 0.101. The zero-order chi connectivity index (χ0) is 16.2. The van der Waals surface area contributed by atoms with E-state index in [1.807, 2.05) is 12.1 Å². The molecule has 2 rings (SSSR count). The average molecular weight is 338 g/mol. The van der Waals surface area contributed by atoms with Crippen molar-refractivity contribution in [3.63, 3.8) is 0 Å². The molecule has 0 aromatic heterocycles. The number of nitrogens with one attached hydrogen (secondary N) is 1. The summed E-state index contributed by atoms with van der Waals surface area (Å²) in [6, 6.07) is 13.3. The zero-order valence-corrected chi connectivity index (χ0v) is 13.6. The van der Waals surface area contributed by atoms with Crippen molar-refractivity contribution in [2.75, 3.05) is 6.54 Å². The lowest BCUT2D eigenvalue weighted by atomic mass is 10.2. The standard InChI is InChI=1S/C16H16ClNO3S/c1-12(19)14-5-3-7-16(11-14)22(20,21)18-9-8-13-4-2-6-15(17)10-13/h2-7,10-11,18H,8-9H2,1H3. The molecule has 1 N–H and O–H groups in total. The first kappa shape index (κ1) is 16.7. The summed E-state index contributed by atoms with van der Waals surface area (Å²) in [7, 11) is -3.63. The summed E-state index contributed by atoms with van der Waals surface area (Å²) in [6.45, 7) is 1.66. The first-order valence-electron chi connectivity index (χ1n) is 6.73.